The van der Waals surface area contributed by atoms with E-state index in [-0.39, 0.29) is 6.04 Å². The Morgan fingerprint density at radius 1 is 1.24 bits per heavy atom. The van der Waals surface area contributed by atoms with Gasteiger partial charge in [0.1, 0.15) is 0 Å². The molecule has 1 aromatic carbocycles. The Balaban J connectivity index is 1.98. The molecule has 0 saturated heterocycles. The number of aromatic nitrogens is 4. The molecule has 1 N–H and O–H groups in total. The molecule has 0 aliphatic heterocycles. The molecular weight excluding hydrogens is 262 g/mol. The number of pyridine rings is 1. The van der Waals surface area contributed by atoms with Crippen molar-refractivity contribution in [3.05, 3.63) is 54.0 Å². The molecule has 0 saturated carbocycles. The maximum Gasteiger partial charge on any atom is 0.0845 e. The van der Waals surface area contributed by atoms with Crippen molar-refractivity contribution < 1.29 is 0 Å². The van der Waals surface area contributed by atoms with Crippen LogP contribution in [0.3, 0.4) is 0 Å². The summed E-state index contributed by atoms with van der Waals surface area (Å²) < 4.78 is 1.74. The van der Waals surface area contributed by atoms with Crippen molar-refractivity contribution in [2.45, 2.75) is 19.4 Å². The summed E-state index contributed by atoms with van der Waals surface area (Å²) in [7, 11) is 1.89. The Morgan fingerprint density at radius 2 is 2.10 bits per heavy atom. The molecule has 5 nitrogen and oxygen atoms in total. The van der Waals surface area contributed by atoms with Gasteiger partial charge in [0.25, 0.3) is 0 Å². The predicted octanol–water partition coefficient (Wildman–Crippen LogP) is 2.26. The molecule has 3 aromatic rings. The van der Waals surface area contributed by atoms with Crippen LogP contribution >= 0.6 is 0 Å². The first kappa shape index (κ1) is 13.7. The maximum atomic E-state index is 4.55. The minimum absolute atomic E-state index is 0.185. The van der Waals surface area contributed by atoms with Gasteiger partial charge in [-0.1, -0.05) is 36.4 Å². The highest BCUT2D eigenvalue weighted by Gasteiger charge is 2.16. The summed E-state index contributed by atoms with van der Waals surface area (Å²) in [6, 6.07) is 10.6. The molecule has 0 aliphatic carbocycles. The van der Waals surface area contributed by atoms with Crippen molar-refractivity contribution >= 4 is 10.9 Å². The largest absolute Gasteiger partial charge is 0.310 e. The Kier molecular flexibility index (Phi) is 3.92. The Labute approximate surface area is 124 Å². The third kappa shape index (κ3) is 2.92. The van der Waals surface area contributed by atoms with Crippen molar-refractivity contribution in [2.75, 3.05) is 6.54 Å². The second-order valence-electron chi connectivity index (χ2n) is 5.12. The van der Waals surface area contributed by atoms with E-state index in [9.17, 15) is 0 Å². The first-order chi connectivity index (χ1) is 10.3. The van der Waals surface area contributed by atoms with Crippen LogP contribution in [0.1, 0.15) is 24.2 Å². The zero-order valence-electron chi connectivity index (χ0n) is 12.3. The SMILES string of the molecule is CCNC(Cc1cn(C)nn1)c1cccc2cccnc12. The van der Waals surface area contributed by atoms with Gasteiger partial charge < -0.3 is 5.32 Å². The number of likely N-dealkylation sites (N-methyl/N-ethyl adjacent to an activating group) is 1. The molecule has 1 atom stereocenters. The van der Waals surface area contributed by atoms with E-state index < -0.39 is 0 Å². The summed E-state index contributed by atoms with van der Waals surface area (Å²) in [5.41, 5.74) is 3.24. The molecular formula is C16H19N5. The van der Waals surface area contributed by atoms with Gasteiger partial charge in [0, 0.05) is 37.3 Å². The van der Waals surface area contributed by atoms with Crippen LogP contribution in [-0.4, -0.2) is 26.5 Å². The van der Waals surface area contributed by atoms with Gasteiger partial charge in [-0.25, -0.2) is 0 Å². The first-order valence-corrected chi connectivity index (χ1v) is 7.20. The van der Waals surface area contributed by atoms with E-state index in [1.54, 1.807) is 4.68 Å². The van der Waals surface area contributed by atoms with E-state index in [1.165, 1.54) is 5.56 Å². The minimum atomic E-state index is 0.185. The van der Waals surface area contributed by atoms with Gasteiger partial charge in [-0.3, -0.25) is 9.67 Å². The van der Waals surface area contributed by atoms with Gasteiger partial charge in [0.05, 0.1) is 11.2 Å². The Hall–Kier alpha value is -2.27. The number of aryl methyl sites for hydroxylation is 1. The highest BCUT2D eigenvalue weighted by molar-refractivity contribution is 5.82. The van der Waals surface area contributed by atoms with Gasteiger partial charge in [0.15, 0.2) is 0 Å². The third-order valence-corrected chi connectivity index (χ3v) is 3.55. The number of hydrogen-bond acceptors (Lipinski definition) is 4. The molecule has 0 bridgehead atoms. The van der Waals surface area contributed by atoms with Crippen LogP contribution in [0.4, 0.5) is 0 Å². The summed E-state index contributed by atoms with van der Waals surface area (Å²) in [6.45, 7) is 3.01. The van der Waals surface area contributed by atoms with Crippen LogP contribution in [0.2, 0.25) is 0 Å². The van der Waals surface area contributed by atoms with Gasteiger partial charge in [-0.2, -0.15) is 0 Å². The Bertz CT molecular complexity index is 729. The number of hydrogen-bond donors (Lipinski definition) is 1. The summed E-state index contributed by atoms with van der Waals surface area (Å²) in [4.78, 5) is 4.55. The number of nitrogens with zero attached hydrogens (tertiary/aromatic N) is 4. The molecule has 21 heavy (non-hydrogen) atoms. The molecule has 0 aliphatic rings. The van der Waals surface area contributed by atoms with E-state index >= 15 is 0 Å². The lowest BCUT2D eigenvalue weighted by molar-refractivity contribution is 0.546. The lowest BCUT2D eigenvalue weighted by Crippen LogP contribution is -2.23. The van der Waals surface area contributed by atoms with Gasteiger partial charge in [-0.15, -0.1) is 5.10 Å². The van der Waals surface area contributed by atoms with Crippen molar-refractivity contribution in [1.29, 1.82) is 0 Å². The molecule has 2 aromatic heterocycles. The van der Waals surface area contributed by atoms with E-state index in [1.807, 2.05) is 25.5 Å². The van der Waals surface area contributed by atoms with Gasteiger partial charge in [-0.05, 0) is 18.2 Å². The van der Waals surface area contributed by atoms with Crippen LogP contribution in [0.5, 0.6) is 0 Å². The molecule has 0 spiro atoms. The minimum Gasteiger partial charge on any atom is -0.310 e. The smallest absolute Gasteiger partial charge is 0.0845 e. The van der Waals surface area contributed by atoms with Crippen LogP contribution in [0.15, 0.2) is 42.7 Å². The lowest BCUT2D eigenvalue weighted by Gasteiger charge is -2.18. The fourth-order valence-corrected chi connectivity index (χ4v) is 2.65. The van der Waals surface area contributed by atoms with Crippen molar-refractivity contribution in [1.82, 2.24) is 25.3 Å². The first-order valence-electron chi connectivity index (χ1n) is 7.20. The quantitative estimate of drug-likeness (QED) is 0.779. The standard InChI is InChI=1S/C16H19N5/c1-3-17-15(10-13-11-21(2)20-19-13)14-8-4-6-12-7-5-9-18-16(12)14/h4-9,11,15,17H,3,10H2,1-2H3. The number of nitrogens with one attached hydrogen (secondary N) is 1. The topological polar surface area (TPSA) is 55.6 Å². The molecule has 1 unspecified atom stereocenters. The number of para-hydroxylation sites is 1. The molecule has 0 amide bonds. The number of benzene rings is 1. The molecule has 2 heterocycles. The number of fused-ring (bicyclic) bond motifs is 1. The van der Waals surface area contributed by atoms with E-state index in [4.69, 9.17) is 0 Å². The van der Waals surface area contributed by atoms with Crippen molar-refractivity contribution in [3.8, 4) is 0 Å². The fourth-order valence-electron chi connectivity index (χ4n) is 2.65. The Morgan fingerprint density at radius 3 is 2.86 bits per heavy atom. The van der Waals surface area contributed by atoms with Crippen LogP contribution in [-0.2, 0) is 13.5 Å². The van der Waals surface area contributed by atoms with E-state index in [0.717, 1.165) is 29.6 Å². The zero-order chi connectivity index (χ0) is 14.7. The second kappa shape index (κ2) is 6.01. The summed E-state index contributed by atoms with van der Waals surface area (Å²) in [6.07, 6.45) is 4.61. The van der Waals surface area contributed by atoms with Crippen molar-refractivity contribution in [2.24, 2.45) is 7.05 Å². The molecule has 3 rings (SSSR count). The second-order valence-corrected chi connectivity index (χ2v) is 5.12. The van der Waals surface area contributed by atoms with Gasteiger partial charge >= 0.3 is 0 Å². The van der Waals surface area contributed by atoms with Crippen LogP contribution < -0.4 is 5.32 Å². The summed E-state index contributed by atoms with van der Waals surface area (Å²) in [5, 5.41) is 12.9. The number of rotatable bonds is 5. The van der Waals surface area contributed by atoms with E-state index in [0.29, 0.717) is 0 Å². The van der Waals surface area contributed by atoms with Crippen LogP contribution in [0, 0.1) is 0 Å². The average molecular weight is 281 g/mol. The molecule has 5 heteroatoms. The highest BCUT2D eigenvalue weighted by atomic mass is 15.4. The lowest BCUT2D eigenvalue weighted by atomic mass is 9.99. The average Bonchev–Trinajstić information content (AvgIpc) is 2.91. The molecule has 0 radical (unpaired) electrons. The summed E-state index contributed by atoms with van der Waals surface area (Å²) in [5.74, 6) is 0. The van der Waals surface area contributed by atoms with Gasteiger partial charge in [0.2, 0.25) is 0 Å². The van der Waals surface area contributed by atoms with Crippen molar-refractivity contribution in [3.63, 3.8) is 0 Å². The molecule has 0 fully saturated rings. The fraction of sp³-hybridized carbons (Fsp3) is 0.312. The third-order valence-electron chi connectivity index (χ3n) is 3.55. The predicted molar refractivity (Wildman–Crippen MR) is 82.9 cm³/mol. The molecule has 108 valence electrons. The normalized spacial score (nSPS) is 12.7. The zero-order valence-corrected chi connectivity index (χ0v) is 12.3. The van der Waals surface area contributed by atoms with Crippen LogP contribution in [0.25, 0.3) is 10.9 Å². The summed E-state index contributed by atoms with van der Waals surface area (Å²) >= 11 is 0. The monoisotopic (exact) mass is 281 g/mol. The maximum absolute atomic E-state index is 4.55. The van der Waals surface area contributed by atoms with E-state index in [2.05, 4.69) is 51.8 Å². The highest BCUT2D eigenvalue weighted by Crippen LogP contribution is 2.24.